The number of unbranched alkanes of at least 4 members (excludes halogenated alkanes) is 1. The Balaban J connectivity index is 1.37. The van der Waals surface area contributed by atoms with Crippen LogP contribution in [0.4, 0.5) is 8.78 Å². The van der Waals surface area contributed by atoms with E-state index in [1.807, 2.05) is 25.1 Å². The zero-order chi connectivity index (χ0) is 23.6. The van der Waals surface area contributed by atoms with Crippen molar-refractivity contribution >= 4 is 0 Å². The first-order chi connectivity index (χ1) is 15.8. The number of hydrogen-bond acceptors (Lipinski definition) is 6. The molecule has 6 nitrogen and oxygen atoms in total. The Labute approximate surface area is 192 Å². The quantitative estimate of drug-likeness (QED) is 0.496. The van der Waals surface area contributed by atoms with Crippen LogP contribution in [0, 0.1) is 17.6 Å². The summed E-state index contributed by atoms with van der Waals surface area (Å²) in [4.78, 5) is 1.80. The number of aliphatic hydroxyl groups is 3. The molecule has 1 aliphatic heterocycles. The van der Waals surface area contributed by atoms with Gasteiger partial charge in [-0.3, -0.25) is 4.90 Å². The van der Waals surface area contributed by atoms with E-state index in [1.54, 1.807) is 17.0 Å². The van der Waals surface area contributed by atoms with Gasteiger partial charge >= 0.3 is 0 Å². The summed E-state index contributed by atoms with van der Waals surface area (Å²) in [5, 5.41) is 32.5. The van der Waals surface area contributed by atoms with Gasteiger partial charge in [0.25, 0.3) is 0 Å². The summed E-state index contributed by atoms with van der Waals surface area (Å²) < 4.78 is 39.8. The first-order valence-electron chi connectivity index (χ1n) is 11.5. The number of β-amino-alcohol motifs (C(OH)–C–C–N with tert-alkyl or cyclic N) is 2. The molecular weight excluding hydrogens is 432 g/mol. The van der Waals surface area contributed by atoms with Gasteiger partial charge in [0.1, 0.15) is 23.6 Å². The third-order valence-corrected chi connectivity index (χ3v) is 6.66. The fourth-order valence-corrected chi connectivity index (χ4v) is 4.87. The number of rotatable bonds is 9. The van der Waals surface area contributed by atoms with Crippen LogP contribution in [-0.2, 0) is 0 Å². The molecule has 8 heteroatoms. The summed E-state index contributed by atoms with van der Waals surface area (Å²) in [7, 11) is 0. The van der Waals surface area contributed by atoms with E-state index in [9.17, 15) is 24.1 Å². The Morgan fingerprint density at radius 3 is 2.52 bits per heavy atom. The molecule has 2 aromatic rings. The number of fused-ring (bicyclic) bond motifs is 1. The van der Waals surface area contributed by atoms with Gasteiger partial charge in [-0.05, 0) is 42.7 Å². The summed E-state index contributed by atoms with van der Waals surface area (Å²) in [5.74, 6) is -1.75. The monoisotopic (exact) mass is 463 g/mol. The first-order valence-corrected chi connectivity index (χ1v) is 11.5. The molecule has 3 N–H and O–H groups in total. The van der Waals surface area contributed by atoms with Gasteiger partial charge in [0.15, 0.2) is 17.4 Å². The van der Waals surface area contributed by atoms with Gasteiger partial charge in [-0.25, -0.2) is 8.78 Å². The lowest BCUT2D eigenvalue weighted by Gasteiger charge is -2.29. The van der Waals surface area contributed by atoms with Crippen LogP contribution in [0.25, 0.3) is 0 Å². The molecule has 2 aromatic carbocycles. The zero-order valence-electron chi connectivity index (χ0n) is 18.7. The predicted molar refractivity (Wildman–Crippen MR) is 118 cm³/mol. The van der Waals surface area contributed by atoms with Crippen LogP contribution in [0.2, 0.25) is 0 Å². The molecule has 1 aliphatic carbocycles. The van der Waals surface area contributed by atoms with E-state index in [0.717, 1.165) is 18.6 Å². The Morgan fingerprint density at radius 1 is 1.18 bits per heavy atom. The average Bonchev–Trinajstić information content (AvgIpc) is 3.21. The van der Waals surface area contributed by atoms with Crippen molar-refractivity contribution < 1.29 is 33.6 Å². The molecule has 2 aliphatic rings. The minimum Gasteiger partial charge on any atom is -0.488 e. The molecule has 2 fully saturated rings. The topological polar surface area (TPSA) is 82.4 Å². The molecule has 1 saturated heterocycles. The highest BCUT2D eigenvalue weighted by molar-refractivity contribution is 5.32. The first kappa shape index (κ1) is 23.9. The molecule has 0 aromatic heterocycles. The Kier molecular flexibility index (Phi) is 7.19. The molecule has 0 amide bonds. The van der Waals surface area contributed by atoms with Gasteiger partial charge in [0.2, 0.25) is 0 Å². The fourth-order valence-electron chi connectivity index (χ4n) is 4.87. The fraction of sp³-hybridized carbons (Fsp3) is 0.520. The smallest absolute Gasteiger partial charge is 0.190 e. The highest BCUT2D eigenvalue weighted by Gasteiger charge is 2.59. The van der Waals surface area contributed by atoms with Crippen molar-refractivity contribution in [2.24, 2.45) is 5.92 Å². The summed E-state index contributed by atoms with van der Waals surface area (Å²) in [6.07, 6.45) is -0.777. The van der Waals surface area contributed by atoms with Gasteiger partial charge in [-0.15, -0.1) is 0 Å². The van der Waals surface area contributed by atoms with E-state index >= 15 is 0 Å². The highest BCUT2D eigenvalue weighted by atomic mass is 19.1. The molecule has 1 saturated carbocycles. The molecule has 1 unspecified atom stereocenters. The van der Waals surface area contributed by atoms with Gasteiger partial charge < -0.3 is 24.8 Å². The van der Waals surface area contributed by atoms with Crippen LogP contribution in [0.1, 0.15) is 37.9 Å². The van der Waals surface area contributed by atoms with Crippen LogP contribution in [0.15, 0.2) is 42.5 Å². The second-order valence-electron chi connectivity index (χ2n) is 9.06. The maximum Gasteiger partial charge on any atom is 0.190 e. The number of aliphatic hydroxyl groups excluding tert-OH is 2. The van der Waals surface area contributed by atoms with E-state index < -0.39 is 41.3 Å². The van der Waals surface area contributed by atoms with Crippen LogP contribution >= 0.6 is 0 Å². The maximum absolute atomic E-state index is 14.4. The lowest BCUT2D eigenvalue weighted by molar-refractivity contribution is -0.0875. The van der Waals surface area contributed by atoms with Crippen molar-refractivity contribution in [1.29, 1.82) is 0 Å². The van der Waals surface area contributed by atoms with Crippen molar-refractivity contribution in [2.45, 2.75) is 50.1 Å². The Hall–Kier alpha value is -2.26. The number of likely N-dealkylation sites (tertiary alicyclic amines) is 1. The minimum atomic E-state index is -1.37. The lowest BCUT2D eigenvalue weighted by Crippen LogP contribution is -2.49. The molecule has 1 heterocycles. The SMILES string of the molecule is CCCCOc1c(F)cc(C(O)CN2C[C@@H]3C[C@@H](Oc4ccccc4)[C@@H](O)[C@]3(O)C2)cc1F. The highest BCUT2D eigenvalue weighted by Crippen LogP contribution is 2.43. The van der Waals surface area contributed by atoms with Crippen LogP contribution in [0.5, 0.6) is 11.5 Å². The summed E-state index contributed by atoms with van der Waals surface area (Å²) in [5.41, 5.74) is -1.27. The average molecular weight is 464 g/mol. The van der Waals surface area contributed by atoms with Gasteiger partial charge in [-0.2, -0.15) is 0 Å². The van der Waals surface area contributed by atoms with Crippen LogP contribution in [-0.4, -0.2) is 64.3 Å². The second-order valence-corrected chi connectivity index (χ2v) is 9.06. The zero-order valence-corrected chi connectivity index (χ0v) is 18.7. The number of para-hydroxylation sites is 1. The molecule has 0 bridgehead atoms. The molecule has 5 atom stereocenters. The Bertz CT molecular complexity index is 923. The van der Waals surface area contributed by atoms with Crippen LogP contribution < -0.4 is 9.47 Å². The van der Waals surface area contributed by atoms with Gasteiger partial charge in [0.05, 0.1) is 12.7 Å². The van der Waals surface area contributed by atoms with E-state index in [-0.39, 0.29) is 31.2 Å². The van der Waals surface area contributed by atoms with E-state index in [2.05, 4.69) is 0 Å². The summed E-state index contributed by atoms with van der Waals surface area (Å²) >= 11 is 0. The third kappa shape index (κ3) is 4.99. The number of ether oxygens (including phenoxy) is 2. The molecule has 0 spiro atoms. The molecule has 4 rings (SSSR count). The number of hydrogen-bond donors (Lipinski definition) is 3. The van der Waals surface area contributed by atoms with E-state index in [1.165, 1.54) is 0 Å². The van der Waals surface area contributed by atoms with Crippen molar-refractivity contribution in [1.82, 2.24) is 4.90 Å². The van der Waals surface area contributed by atoms with Crippen LogP contribution in [0.3, 0.4) is 0 Å². The minimum absolute atomic E-state index is 0.0741. The third-order valence-electron chi connectivity index (χ3n) is 6.66. The summed E-state index contributed by atoms with van der Waals surface area (Å²) in [6, 6.07) is 11.3. The van der Waals surface area contributed by atoms with Crippen molar-refractivity contribution in [3.8, 4) is 11.5 Å². The van der Waals surface area contributed by atoms with E-state index in [0.29, 0.717) is 25.1 Å². The molecule has 180 valence electrons. The van der Waals surface area contributed by atoms with Crippen molar-refractivity contribution in [3.05, 3.63) is 59.7 Å². The molecular formula is C25H31F2NO5. The largest absolute Gasteiger partial charge is 0.488 e. The standard InChI is InChI=1S/C25H31F2NO5/c1-2-3-9-32-23-19(26)10-16(11-20(23)27)21(29)14-28-13-17-12-22(24(30)25(17,31)15-28)33-18-7-5-4-6-8-18/h4-8,10-11,17,21-22,24,29-31H,2-3,9,12-15H2,1H3/t17-,21?,22+,24+,25-/m0/s1. The number of halogens is 2. The number of benzene rings is 2. The van der Waals surface area contributed by atoms with Gasteiger partial charge in [0, 0.05) is 25.6 Å². The Morgan fingerprint density at radius 2 is 1.88 bits per heavy atom. The van der Waals surface area contributed by atoms with Crippen molar-refractivity contribution in [2.75, 3.05) is 26.2 Å². The van der Waals surface area contributed by atoms with E-state index in [4.69, 9.17) is 9.47 Å². The van der Waals surface area contributed by atoms with Gasteiger partial charge in [-0.1, -0.05) is 31.5 Å². The maximum atomic E-state index is 14.4. The molecule has 0 radical (unpaired) electrons. The second kappa shape index (κ2) is 9.93. The normalized spacial score (nSPS) is 28.0. The predicted octanol–water partition coefficient (Wildman–Crippen LogP) is 3.05. The lowest BCUT2D eigenvalue weighted by atomic mass is 9.93. The molecule has 33 heavy (non-hydrogen) atoms. The summed E-state index contributed by atoms with van der Waals surface area (Å²) in [6.45, 7) is 2.81. The number of nitrogens with zero attached hydrogens (tertiary/aromatic N) is 1. The van der Waals surface area contributed by atoms with Crippen molar-refractivity contribution in [3.63, 3.8) is 0 Å².